The van der Waals surface area contributed by atoms with Crippen LogP contribution in [0.1, 0.15) is 37.4 Å². The first-order valence-electron chi connectivity index (χ1n) is 8.44. The fourth-order valence-electron chi connectivity index (χ4n) is 2.89. The normalized spacial score (nSPS) is 14.8. The van der Waals surface area contributed by atoms with Crippen LogP contribution in [-0.4, -0.2) is 43.7 Å². The second-order valence-electron chi connectivity index (χ2n) is 6.23. The molecule has 0 aromatic carbocycles. The van der Waals surface area contributed by atoms with E-state index in [1.54, 1.807) is 24.2 Å². The molecule has 0 atom stereocenters. The number of anilines is 2. The van der Waals surface area contributed by atoms with Crippen LogP contribution in [0.15, 0.2) is 12.4 Å². The topological polar surface area (TPSA) is 93.5 Å². The van der Waals surface area contributed by atoms with Crippen LogP contribution >= 0.6 is 11.6 Å². The van der Waals surface area contributed by atoms with E-state index in [1.165, 1.54) is 6.42 Å². The standard InChI is InChI=1S/C16H20ClN7O/c1-25-7-3-6-24-14(17)12(9-19-24)21-16-13-11(8-18-23-13)20-15(22-16)10-4-2-5-10/h8-10H,2-7H2,1H3,(H,18,23)(H,20,21,22). The van der Waals surface area contributed by atoms with Gasteiger partial charge in [0.2, 0.25) is 0 Å². The van der Waals surface area contributed by atoms with Crippen LogP contribution in [0.3, 0.4) is 0 Å². The van der Waals surface area contributed by atoms with Gasteiger partial charge < -0.3 is 10.1 Å². The fourth-order valence-corrected chi connectivity index (χ4v) is 3.12. The zero-order chi connectivity index (χ0) is 17.2. The van der Waals surface area contributed by atoms with Crippen molar-refractivity contribution in [3.8, 4) is 0 Å². The zero-order valence-corrected chi connectivity index (χ0v) is 14.8. The summed E-state index contributed by atoms with van der Waals surface area (Å²) in [6, 6.07) is 0. The molecular formula is C16H20ClN7O. The molecule has 1 fully saturated rings. The number of aromatic amines is 1. The number of nitrogens with one attached hydrogen (secondary N) is 2. The van der Waals surface area contributed by atoms with Gasteiger partial charge in [-0.05, 0) is 19.3 Å². The van der Waals surface area contributed by atoms with Gasteiger partial charge in [-0.3, -0.25) is 9.78 Å². The largest absolute Gasteiger partial charge is 0.385 e. The van der Waals surface area contributed by atoms with Gasteiger partial charge in [-0.2, -0.15) is 10.2 Å². The Hall–Kier alpha value is -2.19. The highest BCUT2D eigenvalue weighted by Gasteiger charge is 2.24. The average Bonchev–Trinajstić information content (AvgIpc) is 3.15. The first-order chi connectivity index (χ1) is 12.3. The van der Waals surface area contributed by atoms with Gasteiger partial charge in [0.15, 0.2) is 11.0 Å². The summed E-state index contributed by atoms with van der Waals surface area (Å²) in [6.07, 6.45) is 7.80. The minimum absolute atomic E-state index is 0.437. The number of aromatic nitrogens is 6. The molecule has 1 aliphatic rings. The Morgan fingerprint density at radius 3 is 3.00 bits per heavy atom. The Labute approximate surface area is 149 Å². The van der Waals surface area contributed by atoms with Gasteiger partial charge in [0, 0.05) is 26.2 Å². The second-order valence-corrected chi connectivity index (χ2v) is 6.59. The smallest absolute Gasteiger partial charge is 0.160 e. The molecule has 0 unspecified atom stereocenters. The summed E-state index contributed by atoms with van der Waals surface area (Å²) >= 11 is 6.45. The maximum atomic E-state index is 6.45. The predicted molar refractivity (Wildman–Crippen MR) is 95.3 cm³/mol. The number of methoxy groups -OCH3 is 1. The minimum atomic E-state index is 0.437. The molecule has 3 heterocycles. The zero-order valence-electron chi connectivity index (χ0n) is 14.0. The first-order valence-corrected chi connectivity index (χ1v) is 8.82. The molecule has 0 saturated heterocycles. The van der Waals surface area contributed by atoms with Crippen LogP contribution in [0.4, 0.5) is 11.5 Å². The van der Waals surface area contributed by atoms with Crippen molar-refractivity contribution in [1.82, 2.24) is 29.9 Å². The van der Waals surface area contributed by atoms with E-state index in [4.69, 9.17) is 21.3 Å². The van der Waals surface area contributed by atoms with Gasteiger partial charge in [0.25, 0.3) is 0 Å². The molecule has 2 N–H and O–H groups in total. The van der Waals surface area contributed by atoms with Crippen LogP contribution < -0.4 is 5.32 Å². The highest BCUT2D eigenvalue weighted by molar-refractivity contribution is 6.32. The maximum Gasteiger partial charge on any atom is 0.160 e. The number of hydrogen-bond acceptors (Lipinski definition) is 6. The molecule has 9 heteroatoms. The quantitative estimate of drug-likeness (QED) is 0.627. The molecule has 0 spiro atoms. The summed E-state index contributed by atoms with van der Waals surface area (Å²) in [5.74, 6) is 1.99. The van der Waals surface area contributed by atoms with Crippen molar-refractivity contribution in [2.45, 2.75) is 38.1 Å². The summed E-state index contributed by atoms with van der Waals surface area (Å²) in [4.78, 5) is 9.33. The summed E-state index contributed by atoms with van der Waals surface area (Å²) in [6.45, 7) is 1.37. The third-order valence-electron chi connectivity index (χ3n) is 4.53. The fraction of sp³-hybridized carbons (Fsp3) is 0.500. The van der Waals surface area contributed by atoms with Crippen molar-refractivity contribution in [2.75, 3.05) is 19.0 Å². The number of ether oxygens (including phenoxy) is 1. The van der Waals surface area contributed by atoms with Gasteiger partial charge in [-0.1, -0.05) is 18.0 Å². The van der Waals surface area contributed by atoms with Crippen molar-refractivity contribution in [3.63, 3.8) is 0 Å². The Morgan fingerprint density at radius 1 is 1.36 bits per heavy atom. The van der Waals surface area contributed by atoms with Gasteiger partial charge in [0.05, 0.1) is 18.1 Å². The SMILES string of the molecule is COCCCn1ncc(Nc2nc(C3CCC3)nc3cn[nH]c23)c1Cl. The molecule has 0 bridgehead atoms. The van der Waals surface area contributed by atoms with Gasteiger partial charge in [-0.15, -0.1) is 0 Å². The molecule has 3 aromatic rings. The van der Waals surface area contributed by atoms with E-state index in [0.29, 0.717) is 35.7 Å². The summed E-state index contributed by atoms with van der Waals surface area (Å²) in [5, 5.41) is 15.2. The molecular weight excluding hydrogens is 342 g/mol. The number of halogens is 1. The highest BCUT2D eigenvalue weighted by Crippen LogP contribution is 2.36. The van der Waals surface area contributed by atoms with E-state index in [1.807, 2.05) is 0 Å². The molecule has 0 aliphatic heterocycles. The van der Waals surface area contributed by atoms with Crippen LogP contribution in [0.2, 0.25) is 5.15 Å². The average molecular weight is 362 g/mol. The third kappa shape index (κ3) is 3.19. The number of fused-ring (bicyclic) bond motifs is 1. The van der Waals surface area contributed by atoms with Crippen LogP contribution in [0.25, 0.3) is 11.0 Å². The third-order valence-corrected chi connectivity index (χ3v) is 4.93. The Bertz CT molecular complexity index is 871. The minimum Gasteiger partial charge on any atom is -0.385 e. The summed E-state index contributed by atoms with van der Waals surface area (Å²) < 4.78 is 6.82. The summed E-state index contributed by atoms with van der Waals surface area (Å²) in [7, 11) is 1.68. The van der Waals surface area contributed by atoms with Gasteiger partial charge in [0.1, 0.15) is 16.9 Å². The van der Waals surface area contributed by atoms with Crippen LogP contribution in [0, 0.1) is 0 Å². The van der Waals surface area contributed by atoms with Crippen molar-refractivity contribution in [3.05, 3.63) is 23.4 Å². The van der Waals surface area contributed by atoms with E-state index in [9.17, 15) is 0 Å². The molecule has 4 rings (SSSR count). The lowest BCUT2D eigenvalue weighted by Gasteiger charge is -2.24. The van der Waals surface area contributed by atoms with Crippen molar-refractivity contribution in [2.24, 2.45) is 0 Å². The number of hydrogen-bond donors (Lipinski definition) is 2. The number of rotatable bonds is 7. The first kappa shape index (κ1) is 16.3. The Morgan fingerprint density at radius 2 is 2.24 bits per heavy atom. The van der Waals surface area contributed by atoms with E-state index >= 15 is 0 Å². The lowest BCUT2D eigenvalue weighted by molar-refractivity contribution is 0.189. The molecule has 132 valence electrons. The van der Waals surface area contributed by atoms with Gasteiger partial charge in [-0.25, -0.2) is 9.97 Å². The summed E-state index contributed by atoms with van der Waals surface area (Å²) in [5.41, 5.74) is 2.29. The van der Waals surface area contributed by atoms with E-state index in [0.717, 1.165) is 36.1 Å². The second kappa shape index (κ2) is 6.97. The monoisotopic (exact) mass is 361 g/mol. The number of H-pyrrole nitrogens is 1. The molecule has 0 radical (unpaired) electrons. The molecule has 0 amide bonds. The maximum absolute atomic E-state index is 6.45. The number of aryl methyl sites for hydroxylation is 1. The van der Waals surface area contributed by atoms with Crippen molar-refractivity contribution in [1.29, 1.82) is 0 Å². The lowest BCUT2D eigenvalue weighted by Crippen LogP contribution is -2.13. The Balaban J connectivity index is 1.61. The molecule has 8 nitrogen and oxygen atoms in total. The van der Waals surface area contributed by atoms with Crippen molar-refractivity contribution < 1.29 is 4.74 Å². The number of nitrogens with zero attached hydrogens (tertiary/aromatic N) is 5. The van der Waals surface area contributed by atoms with Gasteiger partial charge >= 0.3 is 0 Å². The van der Waals surface area contributed by atoms with E-state index < -0.39 is 0 Å². The van der Waals surface area contributed by atoms with Crippen LogP contribution in [0.5, 0.6) is 0 Å². The molecule has 3 aromatic heterocycles. The molecule has 1 saturated carbocycles. The molecule has 1 aliphatic carbocycles. The predicted octanol–water partition coefficient (Wildman–Crippen LogP) is 3.25. The van der Waals surface area contributed by atoms with Crippen LogP contribution in [-0.2, 0) is 11.3 Å². The lowest BCUT2D eigenvalue weighted by atomic mass is 9.85. The van der Waals surface area contributed by atoms with Crippen molar-refractivity contribution >= 4 is 34.1 Å². The molecule has 25 heavy (non-hydrogen) atoms. The highest BCUT2D eigenvalue weighted by atomic mass is 35.5. The van der Waals surface area contributed by atoms with E-state index in [-0.39, 0.29) is 0 Å². The van der Waals surface area contributed by atoms with E-state index in [2.05, 4.69) is 25.6 Å². The Kier molecular flexibility index (Phi) is 4.54.